The normalized spacial score (nSPS) is 20.7. The second-order valence-corrected chi connectivity index (χ2v) is 8.74. The molecule has 0 unspecified atom stereocenters. The molecule has 35 heavy (non-hydrogen) atoms. The number of oxime groups is 1. The first kappa shape index (κ1) is 25.1. The Morgan fingerprint density at radius 2 is 1.77 bits per heavy atom. The van der Waals surface area contributed by atoms with Gasteiger partial charge in [0, 0.05) is 45.5 Å². The highest BCUT2D eigenvalue weighted by atomic mass is 35.5. The first-order chi connectivity index (χ1) is 16.7. The van der Waals surface area contributed by atoms with Gasteiger partial charge in [0.2, 0.25) is 0 Å². The van der Waals surface area contributed by atoms with Gasteiger partial charge in [-0.25, -0.2) is 4.98 Å². The summed E-state index contributed by atoms with van der Waals surface area (Å²) in [5.74, 6) is 5.39. The van der Waals surface area contributed by atoms with Crippen LogP contribution in [0.15, 0.2) is 40.5 Å². The molecular weight excluding hydrogens is 490 g/mol. The Bertz CT molecular complexity index is 1070. The molecule has 0 spiro atoms. The molecule has 2 N–H and O–H groups in total. The summed E-state index contributed by atoms with van der Waals surface area (Å²) in [6.45, 7) is 3.23. The van der Waals surface area contributed by atoms with Crippen LogP contribution in [0.25, 0.3) is 0 Å². The maximum atomic E-state index is 12.9. The summed E-state index contributed by atoms with van der Waals surface area (Å²) >= 11 is 6.11. The van der Waals surface area contributed by atoms with E-state index in [2.05, 4.69) is 15.1 Å². The highest BCUT2D eigenvalue weighted by Gasteiger charge is 2.37. The zero-order valence-electron chi connectivity index (χ0n) is 18.7. The summed E-state index contributed by atoms with van der Waals surface area (Å²) in [6.07, 6.45) is 0.955. The highest BCUT2D eigenvalue weighted by Crippen LogP contribution is 2.34. The summed E-state index contributed by atoms with van der Waals surface area (Å²) in [5, 5.41) is 15.5. The fourth-order valence-corrected chi connectivity index (χ4v) is 4.74. The first-order valence-corrected chi connectivity index (χ1v) is 11.4. The number of aromatic nitrogens is 1. The Balaban J connectivity index is 1.55. The van der Waals surface area contributed by atoms with Gasteiger partial charge in [-0.15, -0.1) is 5.90 Å². The lowest BCUT2D eigenvalue weighted by atomic mass is 9.63. The minimum atomic E-state index is -4.52. The molecule has 4 rings (SSSR count). The van der Waals surface area contributed by atoms with Gasteiger partial charge >= 0.3 is 11.9 Å². The smallest absolute Gasteiger partial charge is 0.379 e. The van der Waals surface area contributed by atoms with E-state index in [1.165, 1.54) is 0 Å². The van der Waals surface area contributed by atoms with Gasteiger partial charge < -0.3 is 19.6 Å². The van der Waals surface area contributed by atoms with Crippen LogP contribution in [-0.4, -0.2) is 71.9 Å². The van der Waals surface area contributed by atoms with Crippen molar-refractivity contribution in [2.75, 3.05) is 44.2 Å². The first-order valence-electron chi connectivity index (χ1n) is 11.1. The molecule has 1 aromatic heterocycles. The van der Waals surface area contributed by atoms with Crippen molar-refractivity contribution in [2.45, 2.75) is 25.4 Å². The number of nitrogens with zero attached hydrogens (tertiary/aromatic N) is 6. The molecule has 3 aliphatic rings. The van der Waals surface area contributed by atoms with Crippen molar-refractivity contribution in [2.24, 2.45) is 11.1 Å². The Kier molecular flexibility index (Phi) is 7.40. The van der Waals surface area contributed by atoms with Crippen LogP contribution in [0.3, 0.4) is 0 Å². The fourth-order valence-electron chi connectivity index (χ4n) is 4.46. The van der Waals surface area contributed by atoms with Crippen LogP contribution in [0.2, 0.25) is 5.02 Å². The van der Waals surface area contributed by atoms with Gasteiger partial charge in [-0.2, -0.15) is 13.2 Å². The molecule has 2 fully saturated rings. The van der Waals surface area contributed by atoms with Gasteiger partial charge in [0.1, 0.15) is 17.1 Å². The van der Waals surface area contributed by atoms with Crippen LogP contribution in [0, 0.1) is 10.1 Å². The number of piperidine rings is 1. The van der Waals surface area contributed by atoms with E-state index in [0.29, 0.717) is 50.6 Å². The number of allylic oxidation sites excluding steroid dienone is 2. The molecule has 187 valence electrons. The van der Waals surface area contributed by atoms with E-state index in [-0.39, 0.29) is 22.1 Å². The number of hydrogen-bond donors (Lipinski definition) is 1. The number of anilines is 1. The second kappa shape index (κ2) is 10.3. The van der Waals surface area contributed by atoms with Gasteiger partial charge in [0.05, 0.1) is 15.5 Å². The van der Waals surface area contributed by atoms with Crippen molar-refractivity contribution in [3.8, 4) is 0 Å². The zero-order valence-corrected chi connectivity index (χ0v) is 19.4. The number of alkyl halides is 3. The minimum absolute atomic E-state index is 0.0189. The van der Waals surface area contributed by atoms with Crippen LogP contribution in [0.4, 0.5) is 19.0 Å². The molecule has 0 atom stereocenters. The molecule has 4 heterocycles. The maximum Gasteiger partial charge on any atom is 0.417 e. The van der Waals surface area contributed by atoms with E-state index in [4.69, 9.17) is 17.5 Å². The quantitative estimate of drug-likeness (QED) is 0.364. The van der Waals surface area contributed by atoms with Crippen molar-refractivity contribution in [1.82, 2.24) is 14.8 Å². The van der Waals surface area contributed by atoms with Crippen LogP contribution >= 0.6 is 11.6 Å². The third kappa shape index (κ3) is 5.48. The summed E-state index contributed by atoms with van der Waals surface area (Å²) in [7, 11) is 1.55. The molecular formula is C20H23BClF3N7O3. The number of pyridine rings is 1. The predicted molar refractivity (Wildman–Crippen MR) is 124 cm³/mol. The molecule has 1 radical (unpaired) electrons. The minimum Gasteiger partial charge on any atom is -0.379 e. The molecule has 15 heteroatoms. The van der Waals surface area contributed by atoms with Gasteiger partial charge in [-0.05, 0) is 37.0 Å². The number of nitrogens with two attached hydrogens (primary N) is 1. The average molecular weight is 513 g/mol. The molecule has 1 aromatic rings. The lowest BCUT2D eigenvalue weighted by Crippen LogP contribution is -2.49. The average Bonchev–Trinajstić information content (AvgIpc) is 2.83. The van der Waals surface area contributed by atoms with Crippen LogP contribution in [-0.2, 0) is 11.1 Å². The van der Waals surface area contributed by atoms with E-state index in [0.717, 1.165) is 31.5 Å². The lowest BCUT2D eigenvalue weighted by molar-refractivity contribution is -0.416. The molecule has 0 amide bonds. The third-order valence-electron chi connectivity index (χ3n) is 6.18. The molecule has 0 saturated carbocycles. The van der Waals surface area contributed by atoms with Crippen LogP contribution in [0.1, 0.15) is 24.8 Å². The topological polar surface area (TPSA) is 113 Å². The van der Waals surface area contributed by atoms with Gasteiger partial charge in [0.15, 0.2) is 0 Å². The van der Waals surface area contributed by atoms with E-state index in [1.54, 1.807) is 13.4 Å². The summed E-state index contributed by atoms with van der Waals surface area (Å²) in [4.78, 5) is 25.5. The van der Waals surface area contributed by atoms with Crippen molar-refractivity contribution >= 4 is 30.3 Å². The molecule has 2 saturated heterocycles. The monoisotopic (exact) mass is 512 g/mol. The van der Waals surface area contributed by atoms with E-state index >= 15 is 0 Å². The molecule has 10 nitrogen and oxygen atoms in total. The molecule has 0 bridgehead atoms. The van der Waals surface area contributed by atoms with Gasteiger partial charge in [-0.1, -0.05) is 16.8 Å². The zero-order chi connectivity index (χ0) is 25.2. The Morgan fingerprint density at radius 3 is 2.34 bits per heavy atom. The van der Waals surface area contributed by atoms with E-state index in [1.807, 2.05) is 14.7 Å². The number of piperazine rings is 1. The Hall–Kier alpha value is -3.00. The van der Waals surface area contributed by atoms with Crippen LogP contribution in [0.5, 0.6) is 0 Å². The maximum absolute atomic E-state index is 12.9. The fraction of sp³-hybridized carbons (Fsp3) is 0.500. The summed E-state index contributed by atoms with van der Waals surface area (Å²) in [5.41, 5.74) is 0.112. The van der Waals surface area contributed by atoms with Gasteiger partial charge in [0.25, 0.3) is 7.28 Å². The predicted octanol–water partition coefficient (Wildman–Crippen LogP) is 2.61. The number of hydrogen-bond acceptors (Lipinski definition) is 9. The largest absolute Gasteiger partial charge is 0.417 e. The van der Waals surface area contributed by atoms with E-state index < -0.39 is 16.7 Å². The molecule has 3 aliphatic heterocycles. The van der Waals surface area contributed by atoms with Crippen molar-refractivity contribution in [3.05, 3.63) is 56.0 Å². The van der Waals surface area contributed by atoms with Crippen LogP contribution < -0.4 is 10.8 Å². The summed E-state index contributed by atoms with van der Waals surface area (Å²) < 4.78 is 38.8. The highest BCUT2D eigenvalue weighted by molar-refractivity contribution is 6.84. The number of nitro groups is 1. The Labute approximate surface area is 205 Å². The molecule has 0 aromatic carbocycles. The lowest BCUT2D eigenvalue weighted by Gasteiger charge is -2.40. The summed E-state index contributed by atoms with van der Waals surface area (Å²) in [6, 6.07) is 0.873. The van der Waals surface area contributed by atoms with Gasteiger partial charge in [-0.3, -0.25) is 10.1 Å². The standard InChI is InChI=1S/C20H23BClF3N7O3/c22-14-10-13(20(23,24)25)12-27-19(14)31-8-6-30(7-9-31)16-11-15(29-4-2-1-3-5-29)17(32(33)34)18(21-16)28-35-26/h10-12H,1-9,26H2/b28-18-. The molecule has 0 aliphatic carbocycles. The number of rotatable bonds is 5. The number of halogens is 4. The number of likely N-dealkylation sites (tertiary alicyclic amines) is 1. The van der Waals surface area contributed by atoms with Crippen molar-refractivity contribution in [3.63, 3.8) is 0 Å². The van der Waals surface area contributed by atoms with Crippen molar-refractivity contribution in [1.29, 1.82) is 0 Å². The van der Waals surface area contributed by atoms with Crippen molar-refractivity contribution < 1.29 is 23.0 Å². The second-order valence-electron chi connectivity index (χ2n) is 8.34. The SMILES string of the molecule is NO/N=C1\[B]C(N2CCN(c3ncc(C(F)(F)F)cc3Cl)CC2)=CC(N2CCCCC2)=C1[N+](=O)[O-]. The Morgan fingerprint density at radius 1 is 1.11 bits per heavy atom. The van der Waals surface area contributed by atoms with E-state index in [9.17, 15) is 23.3 Å². The third-order valence-corrected chi connectivity index (χ3v) is 6.46.